The molecule has 0 aromatic heterocycles. The lowest BCUT2D eigenvalue weighted by atomic mass is 9.77. The molecule has 0 spiro atoms. The number of rotatable bonds is 3. The molecule has 0 atom stereocenters. The Labute approximate surface area is 79.8 Å². The Morgan fingerprint density at radius 1 is 1.38 bits per heavy atom. The molecule has 0 saturated carbocycles. The summed E-state index contributed by atoms with van der Waals surface area (Å²) in [6, 6.07) is 0. The van der Waals surface area contributed by atoms with Crippen molar-refractivity contribution >= 4 is 5.91 Å². The molecule has 0 aliphatic carbocycles. The number of ether oxygens (including phenoxy) is 1. The lowest BCUT2D eigenvalue weighted by Gasteiger charge is -2.34. The van der Waals surface area contributed by atoms with Crippen molar-refractivity contribution in [1.82, 2.24) is 5.32 Å². The third kappa shape index (κ3) is 2.21. The van der Waals surface area contributed by atoms with Crippen LogP contribution in [0.1, 0.15) is 33.1 Å². The standard InChI is InChI=1S/C10H19NO2/c1-3-10(9(12)11-4-2)5-7-13-8-6-10/h3-8H2,1-2H3,(H,11,12). The number of nitrogens with one attached hydrogen (secondary N) is 1. The van der Waals surface area contributed by atoms with Gasteiger partial charge in [-0.3, -0.25) is 4.79 Å². The van der Waals surface area contributed by atoms with Crippen LogP contribution >= 0.6 is 0 Å². The molecule has 0 radical (unpaired) electrons. The summed E-state index contributed by atoms with van der Waals surface area (Å²) in [5, 5.41) is 2.91. The highest BCUT2D eigenvalue weighted by molar-refractivity contribution is 5.82. The molecule has 1 rings (SSSR count). The minimum absolute atomic E-state index is 0.145. The van der Waals surface area contributed by atoms with Crippen molar-refractivity contribution < 1.29 is 9.53 Å². The first-order chi connectivity index (χ1) is 6.25. The van der Waals surface area contributed by atoms with Gasteiger partial charge in [-0.25, -0.2) is 0 Å². The Morgan fingerprint density at radius 3 is 2.46 bits per heavy atom. The Bertz CT molecular complexity index is 174. The summed E-state index contributed by atoms with van der Waals surface area (Å²) in [5.74, 6) is 0.209. The molecule has 0 bridgehead atoms. The second-order valence-corrected chi connectivity index (χ2v) is 3.61. The van der Waals surface area contributed by atoms with Crippen molar-refractivity contribution in [3.63, 3.8) is 0 Å². The predicted octanol–water partition coefficient (Wildman–Crippen LogP) is 1.33. The quantitative estimate of drug-likeness (QED) is 0.720. The number of hydrogen-bond acceptors (Lipinski definition) is 2. The summed E-state index contributed by atoms with van der Waals surface area (Å²) < 4.78 is 5.27. The van der Waals surface area contributed by atoms with Crippen molar-refractivity contribution in [2.45, 2.75) is 33.1 Å². The van der Waals surface area contributed by atoms with Gasteiger partial charge in [-0.2, -0.15) is 0 Å². The van der Waals surface area contributed by atoms with E-state index in [2.05, 4.69) is 12.2 Å². The van der Waals surface area contributed by atoms with Crippen LogP contribution in [-0.4, -0.2) is 25.7 Å². The molecular weight excluding hydrogens is 166 g/mol. The first kappa shape index (κ1) is 10.5. The second kappa shape index (κ2) is 4.61. The maximum atomic E-state index is 11.8. The summed E-state index contributed by atoms with van der Waals surface area (Å²) >= 11 is 0. The monoisotopic (exact) mass is 185 g/mol. The van der Waals surface area contributed by atoms with E-state index < -0.39 is 0 Å². The molecule has 13 heavy (non-hydrogen) atoms. The van der Waals surface area contributed by atoms with Gasteiger partial charge in [0.15, 0.2) is 0 Å². The molecule has 3 heteroatoms. The van der Waals surface area contributed by atoms with Gasteiger partial charge < -0.3 is 10.1 Å². The van der Waals surface area contributed by atoms with E-state index in [0.29, 0.717) is 0 Å². The minimum atomic E-state index is -0.145. The second-order valence-electron chi connectivity index (χ2n) is 3.61. The van der Waals surface area contributed by atoms with Crippen molar-refractivity contribution in [2.24, 2.45) is 5.41 Å². The number of amides is 1. The van der Waals surface area contributed by atoms with Crippen molar-refractivity contribution in [1.29, 1.82) is 0 Å². The summed E-state index contributed by atoms with van der Waals surface area (Å²) in [6.07, 6.45) is 2.66. The van der Waals surface area contributed by atoms with Crippen LogP contribution in [0.2, 0.25) is 0 Å². The molecular formula is C10H19NO2. The Hall–Kier alpha value is -0.570. The van der Waals surface area contributed by atoms with Crippen LogP contribution in [0, 0.1) is 5.41 Å². The molecule has 0 aromatic rings. The smallest absolute Gasteiger partial charge is 0.226 e. The zero-order valence-corrected chi connectivity index (χ0v) is 8.56. The maximum absolute atomic E-state index is 11.8. The van der Waals surface area contributed by atoms with Crippen LogP contribution in [0.3, 0.4) is 0 Å². The highest BCUT2D eigenvalue weighted by Crippen LogP contribution is 2.33. The fraction of sp³-hybridized carbons (Fsp3) is 0.900. The Morgan fingerprint density at radius 2 is 2.00 bits per heavy atom. The zero-order valence-electron chi connectivity index (χ0n) is 8.56. The van der Waals surface area contributed by atoms with Gasteiger partial charge in [-0.15, -0.1) is 0 Å². The van der Waals surface area contributed by atoms with E-state index in [1.165, 1.54) is 0 Å². The van der Waals surface area contributed by atoms with Crippen LogP contribution in [-0.2, 0) is 9.53 Å². The van der Waals surface area contributed by atoms with E-state index in [0.717, 1.165) is 39.0 Å². The van der Waals surface area contributed by atoms with Gasteiger partial charge in [-0.05, 0) is 26.2 Å². The molecule has 0 unspecified atom stereocenters. The summed E-state index contributed by atoms with van der Waals surface area (Å²) in [5.41, 5.74) is -0.145. The Kier molecular flexibility index (Phi) is 3.72. The van der Waals surface area contributed by atoms with Crippen molar-refractivity contribution in [2.75, 3.05) is 19.8 Å². The number of hydrogen-bond donors (Lipinski definition) is 1. The van der Waals surface area contributed by atoms with E-state index in [1.807, 2.05) is 6.92 Å². The lowest BCUT2D eigenvalue weighted by Crippen LogP contribution is -2.44. The highest BCUT2D eigenvalue weighted by atomic mass is 16.5. The van der Waals surface area contributed by atoms with Gasteiger partial charge in [0.2, 0.25) is 5.91 Å². The van der Waals surface area contributed by atoms with Crippen LogP contribution in [0.15, 0.2) is 0 Å². The Balaban J connectivity index is 2.61. The largest absolute Gasteiger partial charge is 0.381 e. The van der Waals surface area contributed by atoms with Crippen molar-refractivity contribution in [3.05, 3.63) is 0 Å². The van der Waals surface area contributed by atoms with Gasteiger partial charge in [0.1, 0.15) is 0 Å². The third-order valence-electron chi connectivity index (χ3n) is 2.95. The number of carbonyl (C=O) groups is 1. The molecule has 76 valence electrons. The van der Waals surface area contributed by atoms with E-state index in [4.69, 9.17) is 4.74 Å². The SMILES string of the molecule is CCNC(=O)C1(CC)CCOCC1. The zero-order chi connectivity index (χ0) is 9.73. The van der Waals surface area contributed by atoms with Gasteiger partial charge >= 0.3 is 0 Å². The molecule has 1 saturated heterocycles. The predicted molar refractivity (Wildman–Crippen MR) is 51.5 cm³/mol. The normalized spacial score (nSPS) is 21.1. The minimum Gasteiger partial charge on any atom is -0.381 e. The van der Waals surface area contributed by atoms with E-state index in [-0.39, 0.29) is 11.3 Å². The van der Waals surface area contributed by atoms with Crippen LogP contribution in [0.25, 0.3) is 0 Å². The fourth-order valence-corrected chi connectivity index (χ4v) is 1.85. The molecule has 1 aliphatic rings. The van der Waals surface area contributed by atoms with E-state index in [1.54, 1.807) is 0 Å². The van der Waals surface area contributed by atoms with Crippen LogP contribution < -0.4 is 5.32 Å². The van der Waals surface area contributed by atoms with Gasteiger partial charge in [-0.1, -0.05) is 6.92 Å². The average Bonchev–Trinajstić information content (AvgIpc) is 2.19. The number of carbonyl (C=O) groups excluding carboxylic acids is 1. The van der Waals surface area contributed by atoms with Crippen molar-refractivity contribution in [3.8, 4) is 0 Å². The van der Waals surface area contributed by atoms with Gasteiger partial charge in [0.05, 0.1) is 5.41 Å². The first-order valence-corrected chi connectivity index (χ1v) is 5.11. The van der Waals surface area contributed by atoms with Gasteiger partial charge in [0, 0.05) is 19.8 Å². The lowest BCUT2D eigenvalue weighted by molar-refractivity contribution is -0.136. The maximum Gasteiger partial charge on any atom is 0.226 e. The van der Waals surface area contributed by atoms with Crippen LogP contribution in [0.4, 0.5) is 0 Å². The molecule has 1 amide bonds. The molecule has 1 fully saturated rings. The summed E-state index contributed by atoms with van der Waals surface area (Å²) in [7, 11) is 0. The van der Waals surface area contributed by atoms with Crippen LogP contribution in [0.5, 0.6) is 0 Å². The molecule has 0 aromatic carbocycles. The van der Waals surface area contributed by atoms with E-state index >= 15 is 0 Å². The third-order valence-corrected chi connectivity index (χ3v) is 2.95. The molecule has 3 nitrogen and oxygen atoms in total. The molecule has 1 aliphatic heterocycles. The first-order valence-electron chi connectivity index (χ1n) is 5.11. The topological polar surface area (TPSA) is 38.3 Å². The summed E-state index contributed by atoms with van der Waals surface area (Å²) in [4.78, 5) is 11.8. The fourth-order valence-electron chi connectivity index (χ4n) is 1.85. The van der Waals surface area contributed by atoms with E-state index in [9.17, 15) is 4.79 Å². The summed E-state index contributed by atoms with van der Waals surface area (Å²) in [6.45, 7) is 6.22. The average molecular weight is 185 g/mol. The van der Waals surface area contributed by atoms with Gasteiger partial charge in [0.25, 0.3) is 0 Å². The molecule has 1 N–H and O–H groups in total. The molecule has 1 heterocycles. The highest BCUT2D eigenvalue weighted by Gasteiger charge is 2.37.